The fourth-order valence-electron chi connectivity index (χ4n) is 2.85. The number of aromatic amines is 1. The van der Waals surface area contributed by atoms with Crippen LogP contribution >= 0.6 is 0 Å². The summed E-state index contributed by atoms with van der Waals surface area (Å²) in [5.41, 5.74) is 1.12. The number of aromatic nitrogens is 2. The second kappa shape index (κ2) is 8.00. The highest BCUT2D eigenvalue weighted by atomic mass is 19.4. The summed E-state index contributed by atoms with van der Waals surface area (Å²) in [4.78, 5) is 2.22. The Morgan fingerprint density at radius 2 is 1.78 bits per heavy atom. The number of ether oxygens (including phenoxy) is 1. The molecule has 1 N–H and O–H groups in total. The molecule has 1 heterocycles. The van der Waals surface area contributed by atoms with Crippen LogP contribution in [0.15, 0.2) is 42.5 Å². The first kappa shape index (κ1) is 19.2. The van der Waals surface area contributed by atoms with E-state index in [1.54, 1.807) is 6.07 Å². The fraction of sp³-hybridized carbons (Fsp3) is 0.350. The van der Waals surface area contributed by atoms with E-state index in [2.05, 4.69) is 29.1 Å². The number of benzene rings is 2. The minimum Gasteiger partial charge on any atom is -0.457 e. The lowest BCUT2D eigenvalue weighted by Crippen LogP contribution is -2.19. The summed E-state index contributed by atoms with van der Waals surface area (Å²) in [5, 5.41) is 8.32. The maximum absolute atomic E-state index is 12.7. The third kappa shape index (κ3) is 4.80. The molecule has 0 saturated carbocycles. The number of nitrogens with zero attached hydrogens (tertiary/aromatic N) is 2. The van der Waals surface area contributed by atoms with Crippen molar-refractivity contribution in [1.82, 2.24) is 15.1 Å². The average molecular weight is 377 g/mol. The molecular formula is C20H22F3N3O. The number of nitrogens with one attached hydrogen (secondary N) is 1. The molecule has 0 aliphatic rings. The van der Waals surface area contributed by atoms with Crippen LogP contribution in [0.25, 0.3) is 10.9 Å². The third-order valence-electron chi connectivity index (χ3n) is 4.34. The fourth-order valence-corrected chi connectivity index (χ4v) is 2.85. The first-order valence-corrected chi connectivity index (χ1v) is 8.87. The van der Waals surface area contributed by atoms with Gasteiger partial charge in [-0.3, -0.25) is 5.10 Å². The van der Waals surface area contributed by atoms with E-state index in [4.69, 9.17) is 4.74 Å². The molecule has 0 aliphatic carbocycles. The first-order valence-electron chi connectivity index (χ1n) is 8.87. The standard InChI is InChI=1S/C20H22F3N3O/c1-3-4-11-26(2)13-19-17-12-16(9-10-18(17)24-25-19)27-15-7-5-14(6-8-15)20(21,22)23/h5-10,12H,3-4,11,13H2,1-2H3,(H,24,25). The van der Waals surface area contributed by atoms with Crippen molar-refractivity contribution in [3.05, 3.63) is 53.7 Å². The maximum Gasteiger partial charge on any atom is 0.416 e. The molecule has 27 heavy (non-hydrogen) atoms. The van der Waals surface area contributed by atoms with Crippen molar-refractivity contribution >= 4 is 10.9 Å². The molecule has 7 heteroatoms. The average Bonchev–Trinajstić information content (AvgIpc) is 3.02. The summed E-state index contributed by atoms with van der Waals surface area (Å²) in [5.74, 6) is 0.911. The second-order valence-electron chi connectivity index (χ2n) is 6.60. The Bertz CT molecular complexity index is 888. The maximum atomic E-state index is 12.7. The first-order chi connectivity index (χ1) is 12.9. The van der Waals surface area contributed by atoms with E-state index >= 15 is 0 Å². The quantitative estimate of drug-likeness (QED) is 0.582. The van der Waals surface area contributed by atoms with Gasteiger partial charge in [0, 0.05) is 11.9 Å². The molecule has 0 atom stereocenters. The van der Waals surface area contributed by atoms with Gasteiger partial charge in [-0.1, -0.05) is 13.3 Å². The minimum absolute atomic E-state index is 0.354. The summed E-state index contributed by atoms with van der Waals surface area (Å²) in [6.07, 6.45) is -2.09. The van der Waals surface area contributed by atoms with E-state index in [9.17, 15) is 13.2 Å². The Morgan fingerprint density at radius 3 is 2.44 bits per heavy atom. The molecule has 0 unspecified atom stereocenters. The predicted octanol–water partition coefficient (Wildman–Crippen LogP) is 5.61. The van der Waals surface area contributed by atoms with E-state index in [1.165, 1.54) is 12.1 Å². The monoisotopic (exact) mass is 377 g/mol. The molecule has 0 amide bonds. The van der Waals surface area contributed by atoms with Gasteiger partial charge in [0.2, 0.25) is 0 Å². The molecule has 0 saturated heterocycles. The molecule has 144 valence electrons. The van der Waals surface area contributed by atoms with Gasteiger partial charge in [-0.2, -0.15) is 18.3 Å². The van der Waals surface area contributed by atoms with Gasteiger partial charge in [0.1, 0.15) is 11.5 Å². The third-order valence-corrected chi connectivity index (χ3v) is 4.34. The van der Waals surface area contributed by atoms with E-state index in [0.717, 1.165) is 54.7 Å². The number of H-pyrrole nitrogens is 1. The lowest BCUT2D eigenvalue weighted by Gasteiger charge is -2.15. The summed E-state index contributed by atoms with van der Waals surface area (Å²) >= 11 is 0. The Kier molecular flexibility index (Phi) is 5.70. The van der Waals surface area contributed by atoms with Crippen LogP contribution < -0.4 is 4.74 Å². The van der Waals surface area contributed by atoms with Gasteiger partial charge in [0.05, 0.1) is 16.8 Å². The van der Waals surface area contributed by atoms with Crippen molar-refractivity contribution in [2.75, 3.05) is 13.6 Å². The highest BCUT2D eigenvalue weighted by molar-refractivity contribution is 5.82. The van der Waals surface area contributed by atoms with Gasteiger partial charge >= 0.3 is 6.18 Å². The van der Waals surface area contributed by atoms with Crippen molar-refractivity contribution in [2.24, 2.45) is 0 Å². The van der Waals surface area contributed by atoms with E-state index in [-0.39, 0.29) is 0 Å². The van der Waals surface area contributed by atoms with E-state index < -0.39 is 11.7 Å². The summed E-state index contributed by atoms with van der Waals surface area (Å²) in [6.45, 7) is 3.89. The predicted molar refractivity (Wildman–Crippen MR) is 98.9 cm³/mol. The summed E-state index contributed by atoms with van der Waals surface area (Å²) in [7, 11) is 2.06. The van der Waals surface area contributed by atoms with E-state index in [1.807, 2.05) is 12.1 Å². The smallest absolute Gasteiger partial charge is 0.416 e. The second-order valence-corrected chi connectivity index (χ2v) is 6.60. The highest BCUT2D eigenvalue weighted by Crippen LogP contribution is 2.32. The van der Waals surface area contributed by atoms with Crippen LogP contribution in [0.5, 0.6) is 11.5 Å². The van der Waals surface area contributed by atoms with Crippen molar-refractivity contribution in [3.63, 3.8) is 0 Å². The van der Waals surface area contributed by atoms with Crippen LogP contribution in [0.1, 0.15) is 31.0 Å². The Morgan fingerprint density at radius 1 is 1.07 bits per heavy atom. The van der Waals surface area contributed by atoms with Crippen molar-refractivity contribution in [1.29, 1.82) is 0 Å². The van der Waals surface area contributed by atoms with Gasteiger partial charge in [-0.05, 0) is 62.5 Å². The minimum atomic E-state index is -4.35. The Balaban J connectivity index is 1.76. The van der Waals surface area contributed by atoms with Crippen LogP contribution in [-0.2, 0) is 12.7 Å². The molecule has 1 aromatic heterocycles. The zero-order valence-corrected chi connectivity index (χ0v) is 15.3. The van der Waals surface area contributed by atoms with Crippen molar-refractivity contribution < 1.29 is 17.9 Å². The number of halogens is 3. The number of alkyl halides is 3. The van der Waals surface area contributed by atoms with E-state index in [0.29, 0.717) is 11.5 Å². The molecule has 0 bridgehead atoms. The normalized spacial score (nSPS) is 12.1. The largest absolute Gasteiger partial charge is 0.457 e. The van der Waals surface area contributed by atoms with Gasteiger partial charge in [0.25, 0.3) is 0 Å². The molecular weight excluding hydrogens is 355 g/mol. The zero-order chi connectivity index (χ0) is 19.4. The Labute approximate surface area is 155 Å². The number of hydrogen-bond donors (Lipinski definition) is 1. The number of fused-ring (bicyclic) bond motifs is 1. The van der Waals surface area contributed by atoms with Gasteiger partial charge in [-0.25, -0.2) is 0 Å². The summed E-state index contributed by atoms with van der Waals surface area (Å²) < 4.78 is 43.7. The van der Waals surface area contributed by atoms with Crippen LogP contribution in [0.4, 0.5) is 13.2 Å². The summed E-state index contributed by atoms with van der Waals surface area (Å²) in [6, 6.07) is 10.1. The van der Waals surface area contributed by atoms with Crippen LogP contribution in [0, 0.1) is 0 Å². The van der Waals surface area contributed by atoms with Crippen molar-refractivity contribution in [3.8, 4) is 11.5 Å². The van der Waals surface area contributed by atoms with Gasteiger partial charge < -0.3 is 9.64 Å². The molecule has 2 aromatic carbocycles. The van der Waals surface area contributed by atoms with Gasteiger partial charge in [0.15, 0.2) is 0 Å². The molecule has 0 aliphatic heterocycles. The lowest BCUT2D eigenvalue weighted by atomic mass is 10.2. The SMILES string of the molecule is CCCCN(C)Cc1[nH]nc2ccc(Oc3ccc(C(F)(F)F)cc3)cc12. The van der Waals surface area contributed by atoms with Crippen LogP contribution in [0.3, 0.4) is 0 Å². The Hall–Kier alpha value is -2.54. The number of rotatable bonds is 7. The highest BCUT2D eigenvalue weighted by Gasteiger charge is 2.30. The van der Waals surface area contributed by atoms with Crippen molar-refractivity contribution in [2.45, 2.75) is 32.5 Å². The molecule has 0 fully saturated rings. The number of hydrogen-bond acceptors (Lipinski definition) is 3. The molecule has 0 radical (unpaired) electrons. The molecule has 4 nitrogen and oxygen atoms in total. The lowest BCUT2D eigenvalue weighted by molar-refractivity contribution is -0.137. The molecule has 3 aromatic rings. The topological polar surface area (TPSA) is 41.2 Å². The van der Waals surface area contributed by atoms with Crippen LogP contribution in [-0.4, -0.2) is 28.7 Å². The number of unbranched alkanes of at least 4 members (excludes halogenated alkanes) is 1. The zero-order valence-electron chi connectivity index (χ0n) is 15.3. The van der Waals surface area contributed by atoms with Crippen LogP contribution in [0.2, 0.25) is 0 Å². The molecule has 0 spiro atoms. The van der Waals surface area contributed by atoms with Gasteiger partial charge in [-0.15, -0.1) is 0 Å². The molecule has 3 rings (SSSR count).